The highest BCUT2D eigenvalue weighted by Crippen LogP contribution is 2.08. The molecular weight excluding hydrogens is 240 g/mol. The van der Waals surface area contributed by atoms with E-state index in [1.807, 2.05) is 19.2 Å². The normalized spacial score (nSPS) is 20.2. The van der Waals surface area contributed by atoms with Crippen molar-refractivity contribution in [1.82, 2.24) is 20.1 Å². The van der Waals surface area contributed by atoms with E-state index in [0.29, 0.717) is 19.0 Å². The molecule has 2 rings (SSSR count). The molecule has 0 aromatic carbocycles. The van der Waals surface area contributed by atoms with Crippen molar-refractivity contribution < 1.29 is 4.79 Å². The van der Waals surface area contributed by atoms with Gasteiger partial charge in [0.2, 0.25) is 5.91 Å². The summed E-state index contributed by atoms with van der Waals surface area (Å²) in [6.45, 7) is 3.52. The number of hydrogen-bond acceptors (Lipinski definition) is 4. The van der Waals surface area contributed by atoms with Gasteiger partial charge in [-0.05, 0) is 18.7 Å². The summed E-state index contributed by atoms with van der Waals surface area (Å²) in [6, 6.07) is 4.19. The smallest absolute Gasteiger partial charge is 0.224 e. The molecule has 1 aliphatic rings. The van der Waals surface area contributed by atoms with Crippen LogP contribution in [0.4, 0.5) is 0 Å². The van der Waals surface area contributed by atoms with E-state index in [-0.39, 0.29) is 5.91 Å². The van der Waals surface area contributed by atoms with Crippen molar-refractivity contribution in [2.75, 3.05) is 33.7 Å². The van der Waals surface area contributed by atoms with Crippen molar-refractivity contribution in [2.24, 2.45) is 0 Å². The Morgan fingerprint density at radius 3 is 3.16 bits per heavy atom. The first-order chi connectivity index (χ1) is 9.16. The molecule has 1 aliphatic heterocycles. The summed E-state index contributed by atoms with van der Waals surface area (Å²) in [5, 5.41) is 3.34. The number of nitrogens with one attached hydrogen (secondary N) is 1. The number of hydrogen-bond donors (Lipinski definition) is 1. The summed E-state index contributed by atoms with van der Waals surface area (Å²) in [4.78, 5) is 20.3. The number of aromatic nitrogens is 1. The van der Waals surface area contributed by atoms with E-state index >= 15 is 0 Å². The molecule has 0 aliphatic carbocycles. The van der Waals surface area contributed by atoms with E-state index in [1.165, 1.54) is 0 Å². The third-order valence-electron chi connectivity index (χ3n) is 3.62. The highest BCUT2D eigenvalue weighted by molar-refractivity contribution is 5.76. The molecule has 1 aromatic rings. The zero-order valence-electron chi connectivity index (χ0n) is 11.7. The predicted molar refractivity (Wildman–Crippen MR) is 74.6 cm³/mol. The lowest BCUT2D eigenvalue weighted by Gasteiger charge is -2.33. The Balaban J connectivity index is 1.85. The summed E-state index contributed by atoms with van der Waals surface area (Å²) in [7, 11) is 3.94. The molecule has 0 spiro atoms. The second-order valence-electron chi connectivity index (χ2n) is 5.15. The lowest BCUT2D eigenvalue weighted by Crippen LogP contribution is -2.51. The van der Waals surface area contributed by atoms with Gasteiger partial charge >= 0.3 is 0 Å². The molecule has 0 saturated carbocycles. The maximum atomic E-state index is 12.2. The first kappa shape index (κ1) is 14.0. The molecule has 1 atom stereocenters. The molecule has 1 amide bonds. The fourth-order valence-electron chi connectivity index (χ4n) is 2.30. The van der Waals surface area contributed by atoms with E-state index in [0.717, 1.165) is 25.2 Å². The van der Waals surface area contributed by atoms with Crippen LogP contribution in [-0.2, 0) is 11.3 Å². The predicted octanol–water partition coefficient (Wildman–Crippen LogP) is 0.334. The van der Waals surface area contributed by atoms with Gasteiger partial charge in [-0.25, -0.2) is 0 Å². The molecule has 2 heterocycles. The van der Waals surface area contributed by atoms with Crippen molar-refractivity contribution in [2.45, 2.75) is 19.0 Å². The fraction of sp³-hybridized carbons (Fsp3) is 0.571. The van der Waals surface area contributed by atoms with Crippen LogP contribution in [0.2, 0.25) is 0 Å². The Labute approximate surface area is 114 Å². The molecule has 1 aromatic heterocycles. The Hall–Kier alpha value is -1.46. The number of rotatable bonds is 4. The Morgan fingerprint density at radius 2 is 2.47 bits per heavy atom. The largest absolute Gasteiger partial charge is 0.341 e. The maximum Gasteiger partial charge on any atom is 0.224 e. The number of carbonyl (C=O) groups excluding carboxylic acids is 1. The zero-order chi connectivity index (χ0) is 13.7. The summed E-state index contributed by atoms with van der Waals surface area (Å²) in [5.41, 5.74) is 1.06. The molecule has 0 bridgehead atoms. The number of nitrogens with zero attached hydrogens (tertiary/aromatic N) is 3. The first-order valence-electron chi connectivity index (χ1n) is 6.70. The monoisotopic (exact) mass is 262 g/mol. The van der Waals surface area contributed by atoms with Gasteiger partial charge < -0.3 is 15.1 Å². The van der Waals surface area contributed by atoms with E-state index < -0.39 is 0 Å². The van der Waals surface area contributed by atoms with Gasteiger partial charge in [-0.2, -0.15) is 0 Å². The van der Waals surface area contributed by atoms with Gasteiger partial charge in [-0.15, -0.1) is 0 Å². The highest BCUT2D eigenvalue weighted by atomic mass is 16.2. The van der Waals surface area contributed by atoms with Crippen LogP contribution in [0, 0.1) is 0 Å². The van der Waals surface area contributed by atoms with Gasteiger partial charge in [-0.1, -0.05) is 6.07 Å². The van der Waals surface area contributed by atoms with Crippen LogP contribution in [0.5, 0.6) is 0 Å². The number of carbonyl (C=O) groups is 1. The highest BCUT2D eigenvalue weighted by Gasteiger charge is 2.22. The lowest BCUT2D eigenvalue weighted by atomic mass is 10.1. The van der Waals surface area contributed by atoms with Gasteiger partial charge in [0.05, 0.1) is 0 Å². The van der Waals surface area contributed by atoms with Crippen LogP contribution in [0.25, 0.3) is 0 Å². The summed E-state index contributed by atoms with van der Waals surface area (Å²) in [6.07, 6.45) is 4.12. The van der Waals surface area contributed by atoms with Crippen LogP contribution in [0.3, 0.4) is 0 Å². The number of likely N-dealkylation sites (N-methyl/N-ethyl adjacent to an activating group) is 1. The quantitative estimate of drug-likeness (QED) is 0.850. The summed E-state index contributed by atoms with van der Waals surface area (Å²) in [5.74, 6) is 0.185. The molecule has 1 fully saturated rings. The average Bonchev–Trinajstić information content (AvgIpc) is 2.42. The van der Waals surface area contributed by atoms with Gasteiger partial charge in [0.1, 0.15) is 0 Å². The Kier molecular flexibility index (Phi) is 4.87. The molecule has 1 N–H and O–H groups in total. The Bertz CT molecular complexity index is 409. The molecule has 0 radical (unpaired) electrons. The van der Waals surface area contributed by atoms with Crippen LogP contribution in [0.15, 0.2) is 24.5 Å². The van der Waals surface area contributed by atoms with E-state index in [9.17, 15) is 4.79 Å². The standard InChI is InChI=1S/C14H22N4O/c1-17-7-6-16-10-13(17)8-14(19)18(2)11-12-4-3-5-15-9-12/h3-5,9,13,16H,6-8,10-11H2,1-2H3. The molecule has 1 unspecified atom stereocenters. The number of piperazine rings is 1. The van der Waals surface area contributed by atoms with Crippen molar-refractivity contribution in [3.05, 3.63) is 30.1 Å². The third-order valence-corrected chi connectivity index (χ3v) is 3.62. The van der Waals surface area contributed by atoms with Crippen LogP contribution >= 0.6 is 0 Å². The van der Waals surface area contributed by atoms with Crippen molar-refractivity contribution >= 4 is 5.91 Å². The Morgan fingerprint density at radius 1 is 1.63 bits per heavy atom. The minimum atomic E-state index is 0.185. The van der Waals surface area contributed by atoms with Gasteiger partial charge in [0, 0.05) is 58.1 Å². The molecule has 104 valence electrons. The van der Waals surface area contributed by atoms with Crippen molar-refractivity contribution in [3.8, 4) is 0 Å². The van der Waals surface area contributed by atoms with Gasteiger partial charge in [0.15, 0.2) is 0 Å². The van der Waals surface area contributed by atoms with E-state index in [1.54, 1.807) is 17.3 Å². The summed E-state index contributed by atoms with van der Waals surface area (Å²) >= 11 is 0. The van der Waals surface area contributed by atoms with Crippen LogP contribution < -0.4 is 5.32 Å². The third kappa shape index (κ3) is 4.01. The minimum Gasteiger partial charge on any atom is -0.341 e. The average molecular weight is 262 g/mol. The number of amides is 1. The number of pyridine rings is 1. The van der Waals surface area contributed by atoms with Gasteiger partial charge in [-0.3, -0.25) is 9.78 Å². The van der Waals surface area contributed by atoms with Crippen LogP contribution in [-0.4, -0.2) is 60.5 Å². The van der Waals surface area contributed by atoms with Crippen molar-refractivity contribution in [1.29, 1.82) is 0 Å². The first-order valence-corrected chi connectivity index (χ1v) is 6.70. The second-order valence-corrected chi connectivity index (χ2v) is 5.15. The SMILES string of the molecule is CN(Cc1cccnc1)C(=O)CC1CNCCN1C. The second kappa shape index (κ2) is 6.63. The fourth-order valence-corrected chi connectivity index (χ4v) is 2.30. The zero-order valence-corrected chi connectivity index (χ0v) is 11.7. The molecule has 5 nitrogen and oxygen atoms in total. The van der Waals surface area contributed by atoms with Gasteiger partial charge in [0.25, 0.3) is 0 Å². The lowest BCUT2D eigenvalue weighted by molar-refractivity contribution is -0.131. The van der Waals surface area contributed by atoms with Crippen molar-refractivity contribution in [3.63, 3.8) is 0 Å². The molecule has 19 heavy (non-hydrogen) atoms. The molecule has 1 saturated heterocycles. The molecule has 5 heteroatoms. The topological polar surface area (TPSA) is 48.5 Å². The minimum absolute atomic E-state index is 0.185. The van der Waals surface area contributed by atoms with Crippen LogP contribution in [0.1, 0.15) is 12.0 Å². The van der Waals surface area contributed by atoms with E-state index in [4.69, 9.17) is 0 Å². The summed E-state index contributed by atoms with van der Waals surface area (Å²) < 4.78 is 0. The van der Waals surface area contributed by atoms with E-state index in [2.05, 4.69) is 22.2 Å². The molecular formula is C14H22N4O. The maximum absolute atomic E-state index is 12.2.